The van der Waals surface area contributed by atoms with Crippen molar-refractivity contribution in [2.45, 2.75) is 19.3 Å². The number of nitrogens with zero attached hydrogens (tertiary/aromatic N) is 2. The zero-order valence-electron chi connectivity index (χ0n) is 15.0. The molecule has 1 saturated heterocycles. The maximum atomic E-state index is 12.2. The number of aromatic nitrogens is 1. The van der Waals surface area contributed by atoms with E-state index in [0.29, 0.717) is 26.0 Å². The van der Waals surface area contributed by atoms with Crippen molar-refractivity contribution in [3.8, 4) is 5.75 Å². The van der Waals surface area contributed by atoms with E-state index < -0.39 is 11.4 Å². The first-order valence-corrected chi connectivity index (χ1v) is 9.16. The Labute approximate surface area is 157 Å². The molecule has 4 rings (SSSR count). The highest BCUT2D eigenvalue weighted by Gasteiger charge is 2.43. The fraction of sp³-hybridized carbons (Fsp3) is 0.333. The highest BCUT2D eigenvalue weighted by Crippen LogP contribution is 2.37. The molecule has 6 nitrogen and oxygen atoms in total. The van der Waals surface area contributed by atoms with Gasteiger partial charge in [0.1, 0.15) is 17.2 Å². The van der Waals surface area contributed by atoms with Crippen molar-refractivity contribution in [3.63, 3.8) is 0 Å². The molecular formula is C21H22N2O4. The predicted octanol–water partition coefficient (Wildman–Crippen LogP) is 3.97. The van der Waals surface area contributed by atoms with Crippen molar-refractivity contribution in [1.29, 1.82) is 0 Å². The minimum absolute atomic E-state index is 0.369. The molecule has 1 atom stereocenters. The maximum absolute atomic E-state index is 12.2. The number of piperidine rings is 1. The number of rotatable bonds is 6. The Hall–Kier alpha value is -3.02. The van der Waals surface area contributed by atoms with Gasteiger partial charge in [0.25, 0.3) is 0 Å². The summed E-state index contributed by atoms with van der Waals surface area (Å²) in [6, 6.07) is 13.2. The van der Waals surface area contributed by atoms with Gasteiger partial charge in [0.05, 0.1) is 23.7 Å². The number of ether oxygens (including phenoxy) is 1. The third-order valence-electron chi connectivity index (χ3n) is 5.28. The van der Waals surface area contributed by atoms with E-state index in [1.165, 1.54) is 0 Å². The molecule has 1 aromatic carbocycles. The number of pyridine rings is 1. The van der Waals surface area contributed by atoms with Crippen LogP contribution in [0.5, 0.6) is 5.75 Å². The minimum atomic E-state index is -0.847. The largest absolute Gasteiger partial charge is 0.494 e. The molecule has 0 bridgehead atoms. The van der Waals surface area contributed by atoms with E-state index >= 15 is 0 Å². The van der Waals surface area contributed by atoms with Gasteiger partial charge >= 0.3 is 5.97 Å². The van der Waals surface area contributed by atoms with E-state index in [-0.39, 0.29) is 0 Å². The molecule has 0 amide bonds. The minimum Gasteiger partial charge on any atom is -0.494 e. The molecule has 0 spiro atoms. The molecule has 0 radical (unpaired) electrons. The van der Waals surface area contributed by atoms with Crippen LogP contribution in [0.25, 0.3) is 11.0 Å². The summed E-state index contributed by atoms with van der Waals surface area (Å²) in [5, 5.41) is 10.9. The third-order valence-corrected chi connectivity index (χ3v) is 5.28. The normalized spacial score (nSPS) is 19.9. The molecule has 1 N–H and O–H groups in total. The maximum Gasteiger partial charge on any atom is 0.311 e. The number of carboxylic acids is 1. The molecule has 0 saturated carbocycles. The summed E-state index contributed by atoms with van der Waals surface area (Å²) < 4.78 is 11.2. The number of anilines is 1. The van der Waals surface area contributed by atoms with Crippen LogP contribution >= 0.6 is 0 Å². The van der Waals surface area contributed by atoms with Crippen LogP contribution in [0.3, 0.4) is 0 Å². The lowest BCUT2D eigenvalue weighted by Gasteiger charge is -2.40. The quantitative estimate of drug-likeness (QED) is 0.711. The van der Waals surface area contributed by atoms with Crippen molar-refractivity contribution < 1.29 is 19.1 Å². The first-order chi connectivity index (χ1) is 13.2. The SMILES string of the molecule is O=C(O)[C@]1(CCOc2ccccc2)CCCN(c2nccc3occc23)C1. The second-order valence-electron chi connectivity index (χ2n) is 6.99. The van der Waals surface area contributed by atoms with E-state index in [1.54, 1.807) is 12.5 Å². The standard InChI is InChI=1S/C21H22N2O4/c24-20(25)21(10-14-26-16-5-2-1-3-6-16)9-4-12-23(15-21)19-17-8-13-27-18(17)7-11-22-19/h1-3,5-8,11,13H,4,9-10,12,14-15H2,(H,24,25)/t21-/m0/s1. The van der Waals surface area contributed by atoms with Crippen molar-refractivity contribution in [3.05, 3.63) is 54.9 Å². The van der Waals surface area contributed by atoms with Crippen LogP contribution in [0.2, 0.25) is 0 Å². The van der Waals surface area contributed by atoms with E-state index in [2.05, 4.69) is 9.88 Å². The van der Waals surface area contributed by atoms with Gasteiger partial charge in [0.2, 0.25) is 0 Å². The molecule has 3 aromatic rings. The topological polar surface area (TPSA) is 75.8 Å². The average Bonchev–Trinajstić information content (AvgIpc) is 3.18. The fourth-order valence-corrected chi connectivity index (χ4v) is 3.81. The van der Waals surface area contributed by atoms with Crippen LogP contribution in [0.4, 0.5) is 5.82 Å². The lowest BCUT2D eigenvalue weighted by molar-refractivity contribution is -0.150. The van der Waals surface area contributed by atoms with Crippen LogP contribution in [0.15, 0.2) is 59.3 Å². The number of carboxylic acid groups (broad SMARTS) is 1. The molecule has 2 aromatic heterocycles. The van der Waals surface area contributed by atoms with E-state index in [9.17, 15) is 9.90 Å². The number of carbonyl (C=O) groups is 1. The highest BCUT2D eigenvalue weighted by molar-refractivity contribution is 5.89. The molecule has 6 heteroatoms. The van der Waals surface area contributed by atoms with Crippen LogP contribution in [0.1, 0.15) is 19.3 Å². The zero-order valence-corrected chi connectivity index (χ0v) is 15.0. The second kappa shape index (κ2) is 7.31. The van der Waals surface area contributed by atoms with Crippen LogP contribution < -0.4 is 9.64 Å². The van der Waals surface area contributed by atoms with E-state index in [0.717, 1.165) is 35.5 Å². The molecule has 0 aliphatic carbocycles. The molecule has 0 unspecified atom stereocenters. The van der Waals surface area contributed by atoms with Gasteiger partial charge < -0.3 is 19.2 Å². The third kappa shape index (κ3) is 3.47. The number of aliphatic carboxylic acids is 1. The number of para-hydroxylation sites is 1. The van der Waals surface area contributed by atoms with Crippen molar-refractivity contribution in [1.82, 2.24) is 4.98 Å². The highest BCUT2D eigenvalue weighted by atomic mass is 16.5. The monoisotopic (exact) mass is 366 g/mol. The first kappa shape index (κ1) is 17.4. The molecule has 140 valence electrons. The van der Waals surface area contributed by atoms with Gasteiger partial charge in [-0.15, -0.1) is 0 Å². The van der Waals surface area contributed by atoms with Crippen molar-refractivity contribution >= 4 is 22.8 Å². The van der Waals surface area contributed by atoms with E-state index in [1.807, 2.05) is 42.5 Å². The fourth-order valence-electron chi connectivity index (χ4n) is 3.81. The summed E-state index contributed by atoms with van der Waals surface area (Å²) in [6.07, 6.45) is 5.23. The smallest absolute Gasteiger partial charge is 0.311 e. The van der Waals surface area contributed by atoms with Crippen molar-refractivity contribution in [2.75, 3.05) is 24.6 Å². The Balaban J connectivity index is 1.52. The van der Waals surface area contributed by atoms with Gasteiger partial charge in [-0.2, -0.15) is 0 Å². The molecule has 3 heterocycles. The first-order valence-electron chi connectivity index (χ1n) is 9.16. The lowest BCUT2D eigenvalue weighted by atomic mass is 9.77. The molecule has 1 aliphatic rings. The summed E-state index contributed by atoms with van der Waals surface area (Å²) in [4.78, 5) is 18.8. The summed E-state index contributed by atoms with van der Waals surface area (Å²) in [7, 11) is 0. The zero-order chi connectivity index (χ0) is 18.7. The second-order valence-corrected chi connectivity index (χ2v) is 6.99. The molecule has 1 aliphatic heterocycles. The average molecular weight is 366 g/mol. The molecular weight excluding hydrogens is 344 g/mol. The van der Waals surface area contributed by atoms with Crippen molar-refractivity contribution in [2.24, 2.45) is 5.41 Å². The number of fused-ring (bicyclic) bond motifs is 1. The van der Waals surface area contributed by atoms with Gasteiger partial charge in [-0.25, -0.2) is 4.98 Å². The Bertz CT molecular complexity index is 924. The van der Waals surface area contributed by atoms with Gasteiger partial charge in [0, 0.05) is 19.3 Å². The Kier molecular flexibility index (Phi) is 4.71. The number of hydrogen-bond acceptors (Lipinski definition) is 5. The van der Waals surface area contributed by atoms with Crippen LogP contribution in [-0.4, -0.2) is 35.8 Å². The van der Waals surface area contributed by atoms with Crippen LogP contribution in [0, 0.1) is 5.41 Å². The van der Waals surface area contributed by atoms with Gasteiger partial charge in [0.15, 0.2) is 0 Å². The molecule has 1 fully saturated rings. The number of furan rings is 1. The van der Waals surface area contributed by atoms with Crippen LogP contribution in [-0.2, 0) is 4.79 Å². The van der Waals surface area contributed by atoms with Gasteiger partial charge in [-0.05, 0) is 43.5 Å². The predicted molar refractivity (Wildman–Crippen MR) is 102 cm³/mol. The van der Waals surface area contributed by atoms with Gasteiger partial charge in [-0.3, -0.25) is 4.79 Å². The molecule has 27 heavy (non-hydrogen) atoms. The lowest BCUT2D eigenvalue weighted by Crippen LogP contribution is -2.49. The Morgan fingerprint density at radius 1 is 1.26 bits per heavy atom. The Morgan fingerprint density at radius 3 is 2.93 bits per heavy atom. The van der Waals surface area contributed by atoms with E-state index in [4.69, 9.17) is 9.15 Å². The summed E-state index contributed by atoms with van der Waals surface area (Å²) in [5.41, 5.74) is -0.0837. The number of hydrogen-bond donors (Lipinski definition) is 1. The summed E-state index contributed by atoms with van der Waals surface area (Å²) in [5.74, 6) is 0.773. The Morgan fingerprint density at radius 2 is 2.11 bits per heavy atom. The summed E-state index contributed by atoms with van der Waals surface area (Å²) in [6.45, 7) is 1.57. The number of benzene rings is 1. The summed E-state index contributed by atoms with van der Waals surface area (Å²) >= 11 is 0. The van der Waals surface area contributed by atoms with Gasteiger partial charge in [-0.1, -0.05) is 18.2 Å².